The Morgan fingerprint density at radius 1 is 1.39 bits per heavy atom. The van der Waals surface area contributed by atoms with Crippen molar-refractivity contribution in [3.8, 4) is 5.75 Å². The zero-order valence-electron chi connectivity index (χ0n) is 13.0. The number of aromatic nitrogens is 3. The Kier molecular flexibility index (Phi) is 6.73. The monoisotopic (exact) mass is 354 g/mol. The van der Waals surface area contributed by atoms with Crippen molar-refractivity contribution >= 4 is 29.3 Å². The van der Waals surface area contributed by atoms with Crippen molar-refractivity contribution in [3.63, 3.8) is 0 Å². The summed E-state index contributed by atoms with van der Waals surface area (Å²) in [4.78, 5) is 15.9. The Bertz CT molecular complexity index is 631. The molecular formula is C15H19ClN4O2S. The van der Waals surface area contributed by atoms with Gasteiger partial charge in [-0.3, -0.25) is 9.89 Å². The molecule has 0 aliphatic rings. The van der Waals surface area contributed by atoms with Crippen LogP contribution in [0.25, 0.3) is 0 Å². The van der Waals surface area contributed by atoms with E-state index in [1.54, 1.807) is 24.3 Å². The highest BCUT2D eigenvalue weighted by Crippen LogP contribution is 2.17. The van der Waals surface area contributed by atoms with E-state index in [2.05, 4.69) is 34.3 Å². The van der Waals surface area contributed by atoms with Crippen LogP contribution in [0.15, 0.2) is 29.4 Å². The van der Waals surface area contributed by atoms with E-state index in [1.807, 2.05) is 0 Å². The second-order valence-corrected chi connectivity index (χ2v) is 6.67. The van der Waals surface area contributed by atoms with Crippen molar-refractivity contribution in [2.75, 3.05) is 12.3 Å². The lowest BCUT2D eigenvalue weighted by Crippen LogP contribution is -2.28. The van der Waals surface area contributed by atoms with Crippen LogP contribution in [-0.4, -0.2) is 33.4 Å². The number of aromatic amines is 1. The van der Waals surface area contributed by atoms with Crippen LogP contribution in [0.2, 0.25) is 5.02 Å². The minimum absolute atomic E-state index is 0.0209. The van der Waals surface area contributed by atoms with E-state index in [0.717, 1.165) is 0 Å². The van der Waals surface area contributed by atoms with Crippen LogP contribution in [0.1, 0.15) is 19.7 Å². The van der Waals surface area contributed by atoms with Crippen LogP contribution < -0.4 is 10.1 Å². The fourth-order valence-electron chi connectivity index (χ4n) is 1.59. The minimum Gasteiger partial charge on any atom is -0.486 e. The predicted molar refractivity (Wildman–Crippen MR) is 90.7 cm³/mol. The first-order valence-corrected chi connectivity index (χ1v) is 8.58. The van der Waals surface area contributed by atoms with Crippen LogP contribution in [0.3, 0.4) is 0 Å². The highest BCUT2D eigenvalue weighted by Gasteiger charge is 2.08. The van der Waals surface area contributed by atoms with Gasteiger partial charge in [-0.25, -0.2) is 4.98 Å². The van der Waals surface area contributed by atoms with Crippen molar-refractivity contribution in [3.05, 3.63) is 35.1 Å². The number of carbonyl (C=O) groups excluding carboxylic acids is 1. The van der Waals surface area contributed by atoms with Gasteiger partial charge in [-0.05, 0) is 30.2 Å². The van der Waals surface area contributed by atoms with Gasteiger partial charge in [0, 0.05) is 11.6 Å². The first-order chi connectivity index (χ1) is 11.0. The number of nitrogens with one attached hydrogen (secondary N) is 2. The zero-order valence-corrected chi connectivity index (χ0v) is 14.6. The quantitative estimate of drug-likeness (QED) is 0.712. The number of thioether (sulfide) groups is 1. The lowest BCUT2D eigenvalue weighted by atomic mass is 10.2. The molecule has 0 atom stereocenters. The second kappa shape index (κ2) is 8.79. The first-order valence-electron chi connectivity index (χ1n) is 7.22. The topological polar surface area (TPSA) is 79.9 Å². The number of H-pyrrole nitrogens is 1. The molecule has 0 bridgehead atoms. The molecule has 0 aliphatic carbocycles. The molecule has 0 radical (unpaired) electrons. The fraction of sp³-hybridized carbons (Fsp3) is 0.400. The summed E-state index contributed by atoms with van der Waals surface area (Å²) in [5.74, 6) is 2.01. The highest BCUT2D eigenvalue weighted by molar-refractivity contribution is 7.99. The van der Waals surface area contributed by atoms with Gasteiger partial charge in [-0.2, -0.15) is 0 Å². The van der Waals surface area contributed by atoms with Gasteiger partial charge in [0.05, 0.1) is 5.75 Å². The molecule has 124 valence electrons. The molecule has 0 spiro atoms. The number of rotatable bonds is 8. The second-order valence-electron chi connectivity index (χ2n) is 5.29. The number of ether oxygens (including phenoxy) is 1. The number of hydrogen-bond donors (Lipinski definition) is 2. The molecular weight excluding hydrogens is 336 g/mol. The average molecular weight is 355 g/mol. The van der Waals surface area contributed by atoms with E-state index in [1.165, 1.54) is 11.8 Å². The Labute approximate surface area is 144 Å². The maximum atomic E-state index is 11.6. The molecule has 0 unspecified atom stereocenters. The SMILES string of the molecule is CC(C)CNC(=O)CSc1n[nH]c(COc2ccc(Cl)cc2)n1. The summed E-state index contributed by atoms with van der Waals surface area (Å²) in [5.41, 5.74) is 0. The maximum absolute atomic E-state index is 11.6. The van der Waals surface area contributed by atoms with Gasteiger partial charge < -0.3 is 10.1 Å². The van der Waals surface area contributed by atoms with Gasteiger partial charge >= 0.3 is 0 Å². The van der Waals surface area contributed by atoms with Crippen LogP contribution in [0.4, 0.5) is 0 Å². The highest BCUT2D eigenvalue weighted by atomic mass is 35.5. The van der Waals surface area contributed by atoms with E-state index in [-0.39, 0.29) is 12.5 Å². The largest absolute Gasteiger partial charge is 0.486 e. The van der Waals surface area contributed by atoms with Crippen molar-refractivity contribution < 1.29 is 9.53 Å². The summed E-state index contributed by atoms with van der Waals surface area (Å²) in [6, 6.07) is 7.09. The maximum Gasteiger partial charge on any atom is 0.230 e. The number of halogens is 1. The van der Waals surface area contributed by atoms with Gasteiger partial charge in [-0.1, -0.05) is 37.2 Å². The molecule has 2 rings (SSSR count). The third kappa shape index (κ3) is 6.50. The van der Waals surface area contributed by atoms with Gasteiger partial charge in [0.15, 0.2) is 5.82 Å². The summed E-state index contributed by atoms with van der Waals surface area (Å²) < 4.78 is 5.57. The van der Waals surface area contributed by atoms with E-state index < -0.39 is 0 Å². The zero-order chi connectivity index (χ0) is 16.7. The summed E-state index contributed by atoms with van der Waals surface area (Å²) >= 11 is 7.10. The van der Waals surface area contributed by atoms with Crippen LogP contribution >= 0.6 is 23.4 Å². The predicted octanol–water partition coefficient (Wildman–Crippen LogP) is 2.90. The smallest absolute Gasteiger partial charge is 0.230 e. The summed E-state index contributed by atoms with van der Waals surface area (Å²) in [7, 11) is 0. The molecule has 1 aromatic heterocycles. The van der Waals surface area contributed by atoms with E-state index in [9.17, 15) is 4.79 Å². The first kappa shape index (κ1) is 17.6. The number of carbonyl (C=O) groups is 1. The molecule has 23 heavy (non-hydrogen) atoms. The third-order valence-corrected chi connectivity index (χ3v) is 3.84. The normalized spacial score (nSPS) is 10.8. The molecule has 2 aromatic rings. The Hall–Kier alpha value is -1.73. The molecule has 0 fully saturated rings. The molecule has 0 saturated heterocycles. The number of hydrogen-bond acceptors (Lipinski definition) is 5. The molecule has 8 heteroatoms. The Balaban J connectivity index is 1.74. The standard InChI is InChI=1S/C15H19ClN4O2S/c1-10(2)7-17-14(21)9-23-15-18-13(19-20-15)8-22-12-5-3-11(16)4-6-12/h3-6,10H,7-9H2,1-2H3,(H,17,21)(H,18,19,20). The van der Waals surface area contributed by atoms with Gasteiger partial charge in [0.1, 0.15) is 12.4 Å². The molecule has 1 aromatic carbocycles. The lowest BCUT2D eigenvalue weighted by molar-refractivity contribution is -0.118. The lowest BCUT2D eigenvalue weighted by Gasteiger charge is -2.06. The van der Waals surface area contributed by atoms with E-state index in [4.69, 9.17) is 16.3 Å². The number of benzene rings is 1. The molecule has 1 heterocycles. The summed E-state index contributed by atoms with van der Waals surface area (Å²) in [6.45, 7) is 5.05. The van der Waals surface area contributed by atoms with Gasteiger partial charge in [-0.15, -0.1) is 5.10 Å². The van der Waals surface area contributed by atoms with Gasteiger partial charge in [0.25, 0.3) is 0 Å². The van der Waals surface area contributed by atoms with E-state index in [0.29, 0.717) is 40.0 Å². The van der Waals surface area contributed by atoms with Crippen LogP contribution in [-0.2, 0) is 11.4 Å². The molecule has 2 N–H and O–H groups in total. The average Bonchev–Trinajstić information content (AvgIpc) is 2.98. The van der Waals surface area contributed by atoms with E-state index >= 15 is 0 Å². The fourth-order valence-corrected chi connectivity index (χ4v) is 2.36. The Morgan fingerprint density at radius 2 is 2.13 bits per heavy atom. The van der Waals surface area contributed by atoms with Crippen LogP contribution in [0, 0.1) is 5.92 Å². The van der Waals surface area contributed by atoms with Crippen molar-refractivity contribution in [2.24, 2.45) is 5.92 Å². The molecule has 0 aliphatic heterocycles. The molecule has 0 saturated carbocycles. The van der Waals surface area contributed by atoms with Crippen molar-refractivity contribution in [1.82, 2.24) is 20.5 Å². The minimum atomic E-state index is -0.0209. The summed E-state index contributed by atoms with van der Waals surface area (Å²) in [5, 5.41) is 10.9. The van der Waals surface area contributed by atoms with Crippen LogP contribution in [0.5, 0.6) is 5.75 Å². The molecule has 6 nitrogen and oxygen atoms in total. The summed E-state index contributed by atoms with van der Waals surface area (Å²) in [6.07, 6.45) is 0. The number of amides is 1. The number of nitrogens with zero attached hydrogens (tertiary/aromatic N) is 2. The Morgan fingerprint density at radius 3 is 2.83 bits per heavy atom. The van der Waals surface area contributed by atoms with Crippen molar-refractivity contribution in [2.45, 2.75) is 25.6 Å². The third-order valence-electron chi connectivity index (χ3n) is 2.74. The molecule has 1 amide bonds. The van der Waals surface area contributed by atoms with Crippen molar-refractivity contribution in [1.29, 1.82) is 0 Å². The van der Waals surface area contributed by atoms with Gasteiger partial charge in [0.2, 0.25) is 11.1 Å².